The molecule has 2 heterocycles. The molecule has 0 amide bonds. The van der Waals surface area contributed by atoms with E-state index in [1.54, 1.807) is 0 Å². The standard InChI is InChI=1S/C15H13F2NO6S/c1-8(19)23-14-12(20)13(10-7-9(16)3-4-11(10)17)24-15(14)18-5-2-6-25(18,21)22/h3-4,7,20H,2,5-6H2,1H3. The molecule has 1 aromatic carbocycles. The molecule has 0 atom stereocenters. The Bertz CT molecular complexity index is 953. The molecule has 1 saturated heterocycles. The summed E-state index contributed by atoms with van der Waals surface area (Å²) in [6, 6.07) is 2.47. The SMILES string of the molecule is CC(=O)Oc1c(N2CCCS2(=O)=O)oc(-c2cc(F)ccc2F)c1O. The molecular weight excluding hydrogens is 360 g/mol. The fourth-order valence-corrected chi connectivity index (χ4v) is 4.01. The Labute approximate surface area is 141 Å². The molecule has 1 aliphatic rings. The number of rotatable bonds is 3. The summed E-state index contributed by atoms with van der Waals surface area (Å²) >= 11 is 0. The molecule has 0 radical (unpaired) electrons. The van der Waals surface area contributed by atoms with Gasteiger partial charge in [0, 0.05) is 13.5 Å². The zero-order valence-electron chi connectivity index (χ0n) is 13.0. The number of furan rings is 1. The molecule has 0 unspecified atom stereocenters. The smallest absolute Gasteiger partial charge is 0.308 e. The average Bonchev–Trinajstić information content (AvgIpc) is 3.02. The van der Waals surface area contributed by atoms with Crippen LogP contribution in [0.4, 0.5) is 14.7 Å². The molecule has 134 valence electrons. The molecule has 0 aliphatic carbocycles. The molecule has 25 heavy (non-hydrogen) atoms. The molecule has 0 saturated carbocycles. The van der Waals surface area contributed by atoms with Crippen LogP contribution in [0.5, 0.6) is 11.5 Å². The predicted octanol–water partition coefficient (Wildman–Crippen LogP) is 2.40. The van der Waals surface area contributed by atoms with Gasteiger partial charge in [0.15, 0.2) is 5.76 Å². The number of aromatic hydroxyl groups is 1. The lowest BCUT2D eigenvalue weighted by molar-refractivity contribution is -0.132. The number of halogens is 2. The van der Waals surface area contributed by atoms with E-state index in [1.807, 2.05) is 0 Å². The van der Waals surface area contributed by atoms with Crippen LogP contribution in [0.1, 0.15) is 13.3 Å². The van der Waals surface area contributed by atoms with Gasteiger partial charge in [0.1, 0.15) is 11.6 Å². The summed E-state index contributed by atoms with van der Waals surface area (Å²) in [5.74, 6) is -5.05. The van der Waals surface area contributed by atoms with Crippen LogP contribution < -0.4 is 9.04 Å². The number of benzene rings is 1. The summed E-state index contributed by atoms with van der Waals surface area (Å²) in [5, 5.41) is 10.3. The molecule has 1 fully saturated rings. The molecule has 3 rings (SSSR count). The first kappa shape index (κ1) is 17.2. The van der Waals surface area contributed by atoms with Crippen molar-refractivity contribution in [1.82, 2.24) is 0 Å². The molecule has 7 nitrogen and oxygen atoms in total. The van der Waals surface area contributed by atoms with Crippen LogP contribution in [0.15, 0.2) is 22.6 Å². The van der Waals surface area contributed by atoms with Gasteiger partial charge in [-0.15, -0.1) is 0 Å². The minimum Gasteiger partial charge on any atom is -0.502 e. The number of ether oxygens (including phenoxy) is 1. The molecule has 1 aliphatic heterocycles. The van der Waals surface area contributed by atoms with Gasteiger partial charge >= 0.3 is 5.97 Å². The van der Waals surface area contributed by atoms with E-state index < -0.39 is 56.3 Å². The number of carbonyl (C=O) groups is 1. The highest BCUT2D eigenvalue weighted by Gasteiger charge is 2.37. The summed E-state index contributed by atoms with van der Waals surface area (Å²) in [6.07, 6.45) is 0.299. The van der Waals surface area contributed by atoms with Crippen LogP contribution >= 0.6 is 0 Å². The van der Waals surface area contributed by atoms with Gasteiger partial charge < -0.3 is 14.3 Å². The van der Waals surface area contributed by atoms with Gasteiger partial charge in [-0.05, 0) is 24.6 Å². The summed E-state index contributed by atoms with van der Waals surface area (Å²) < 4.78 is 62.6. The average molecular weight is 373 g/mol. The van der Waals surface area contributed by atoms with E-state index in [0.717, 1.165) is 29.4 Å². The van der Waals surface area contributed by atoms with Crippen molar-refractivity contribution >= 4 is 21.9 Å². The Kier molecular flexibility index (Phi) is 4.15. The van der Waals surface area contributed by atoms with Gasteiger partial charge in [0.05, 0.1) is 11.3 Å². The first-order valence-electron chi connectivity index (χ1n) is 7.20. The molecule has 2 aromatic rings. The Balaban J connectivity index is 2.22. The number of hydrogen-bond acceptors (Lipinski definition) is 6. The van der Waals surface area contributed by atoms with E-state index >= 15 is 0 Å². The molecular formula is C15H13F2NO6S. The first-order chi connectivity index (χ1) is 11.7. The predicted molar refractivity (Wildman–Crippen MR) is 82.8 cm³/mol. The Morgan fingerprint density at radius 2 is 2.08 bits per heavy atom. The van der Waals surface area contributed by atoms with Crippen molar-refractivity contribution in [2.24, 2.45) is 0 Å². The van der Waals surface area contributed by atoms with Gasteiger partial charge in [-0.2, -0.15) is 0 Å². The van der Waals surface area contributed by atoms with Gasteiger partial charge in [-0.3, -0.25) is 4.79 Å². The van der Waals surface area contributed by atoms with Gasteiger partial charge in [0.2, 0.25) is 21.5 Å². The normalized spacial score (nSPS) is 16.2. The second-order valence-electron chi connectivity index (χ2n) is 5.37. The van der Waals surface area contributed by atoms with Crippen LogP contribution in [0.3, 0.4) is 0 Å². The van der Waals surface area contributed by atoms with Crippen LogP contribution in [0.25, 0.3) is 11.3 Å². The van der Waals surface area contributed by atoms with Gasteiger partial charge in [-0.1, -0.05) is 0 Å². The Morgan fingerprint density at radius 1 is 1.36 bits per heavy atom. The van der Waals surface area contributed by atoms with Gasteiger partial charge in [-0.25, -0.2) is 21.5 Å². The number of nitrogens with zero attached hydrogens (tertiary/aromatic N) is 1. The van der Waals surface area contributed by atoms with Crippen LogP contribution in [0, 0.1) is 11.6 Å². The van der Waals surface area contributed by atoms with Crippen molar-refractivity contribution in [3.8, 4) is 22.8 Å². The van der Waals surface area contributed by atoms with Crippen molar-refractivity contribution in [2.75, 3.05) is 16.6 Å². The zero-order valence-corrected chi connectivity index (χ0v) is 13.8. The number of carbonyl (C=O) groups excluding carboxylic acids is 1. The minimum atomic E-state index is -3.73. The van der Waals surface area contributed by atoms with E-state index in [2.05, 4.69) is 0 Å². The second kappa shape index (κ2) is 6.03. The van der Waals surface area contributed by atoms with Crippen molar-refractivity contribution in [1.29, 1.82) is 0 Å². The molecule has 1 aromatic heterocycles. The number of sulfonamides is 1. The van der Waals surface area contributed by atoms with Crippen molar-refractivity contribution in [3.05, 3.63) is 29.8 Å². The van der Waals surface area contributed by atoms with Crippen LogP contribution in [0.2, 0.25) is 0 Å². The number of esters is 1. The third kappa shape index (κ3) is 3.04. The molecule has 0 spiro atoms. The van der Waals surface area contributed by atoms with Crippen molar-refractivity contribution in [2.45, 2.75) is 13.3 Å². The summed E-state index contributed by atoms with van der Waals surface area (Å²) in [5.41, 5.74) is -0.436. The highest BCUT2D eigenvalue weighted by molar-refractivity contribution is 7.93. The zero-order chi connectivity index (χ0) is 18.4. The van der Waals surface area contributed by atoms with E-state index in [0.29, 0.717) is 6.42 Å². The topological polar surface area (TPSA) is 97.0 Å². The Morgan fingerprint density at radius 3 is 2.68 bits per heavy atom. The molecule has 1 N–H and O–H groups in total. The minimum absolute atomic E-state index is 0.0363. The maximum atomic E-state index is 14.0. The maximum absolute atomic E-state index is 14.0. The lowest BCUT2D eigenvalue weighted by Gasteiger charge is -2.14. The van der Waals surface area contributed by atoms with E-state index in [4.69, 9.17) is 9.15 Å². The lowest BCUT2D eigenvalue weighted by Crippen LogP contribution is -2.25. The Hall–Kier alpha value is -2.62. The lowest BCUT2D eigenvalue weighted by atomic mass is 10.1. The molecule has 0 bridgehead atoms. The number of anilines is 1. The number of hydrogen-bond donors (Lipinski definition) is 1. The summed E-state index contributed by atoms with van der Waals surface area (Å²) in [7, 11) is -3.73. The second-order valence-corrected chi connectivity index (χ2v) is 7.39. The third-order valence-electron chi connectivity index (χ3n) is 3.57. The summed E-state index contributed by atoms with van der Waals surface area (Å²) in [6.45, 7) is 1.08. The first-order valence-corrected chi connectivity index (χ1v) is 8.81. The largest absolute Gasteiger partial charge is 0.502 e. The summed E-state index contributed by atoms with van der Waals surface area (Å²) in [4.78, 5) is 11.3. The van der Waals surface area contributed by atoms with Crippen molar-refractivity contribution < 1.29 is 36.3 Å². The fraction of sp³-hybridized carbons (Fsp3) is 0.267. The van der Waals surface area contributed by atoms with Gasteiger partial charge in [0.25, 0.3) is 5.88 Å². The fourth-order valence-electron chi connectivity index (χ4n) is 2.52. The van der Waals surface area contributed by atoms with Crippen LogP contribution in [-0.4, -0.2) is 31.8 Å². The third-order valence-corrected chi connectivity index (χ3v) is 5.39. The maximum Gasteiger partial charge on any atom is 0.308 e. The van der Waals surface area contributed by atoms with E-state index in [1.165, 1.54) is 0 Å². The van der Waals surface area contributed by atoms with Crippen LogP contribution in [-0.2, 0) is 14.8 Å². The highest BCUT2D eigenvalue weighted by Crippen LogP contribution is 2.49. The quantitative estimate of drug-likeness (QED) is 0.830. The van der Waals surface area contributed by atoms with E-state index in [-0.39, 0.29) is 12.3 Å². The van der Waals surface area contributed by atoms with Crippen molar-refractivity contribution in [3.63, 3.8) is 0 Å². The highest BCUT2D eigenvalue weighted by atomic mass is 32.2. The molecule has 10 heteroatoms. The van der Waals surface area contributed by atoms with E-state index in [9.17, 15) is 27.1 Å². The monoisotopic (exact) mass is 373 g/mol.